The van der Waals surface area contributed by atoms with Gasteiger partial charge in [0.25, 0.3) is 0 Å². The van der Waals surface area contributed by atoms with Crippen molar-refractivity contribution < 1.29 is 0 Å². The fourth-order valence-corrected chi connectivity index (χ4v) is 2.15. The Morgan fingerprint density at radius 3 is 1.95 bits per heavy atom. The van der Waals surface area contributed by atoms with E-state index in [1.165, 1.54) is 11.4 Å². The summed E-state index contributed by atoms with van der Waals surface area (Å²) in [6.45, 7) is 4.46. The van der Waals surface area contributed by atoms with Crippen LogP contribution in [0.2, 0.25) is 0 Å². The van der Waals surface area contributed by atoms with E-state index in [0.717, 1.165) is 0 Å². The molecule has 0 aliphatic carbocycles. The Kier molecular flexibility index (Phi) is 4.45. The van der Waals surface area contributed by atoms with Gasteiger partial charge in [0.1, 0.15) is 0 Å². The number of anilines is 2. The van der Waals surface area contributed by atoms with E-state index in [1.54, 1.807) is 0 Å². The summed E-state index contributed by atoms with van der Waals surface area (Å²) in [6, 6.07) is 21.6. The molecule has 0 radical (unpaired) electrons. The van der Waals surface area contributed by atoms with Crippen molar-refractivity contribution >= 4 is 11.4 Å². The Balaban J connectivity index is 2.01. The van der Waals surface area contributed by atoms with Gasteiger partial charge in [-0.3, -0.25) is 0 Å². The van der Waals surface area contributed by atoms with Crippen molar-refractivity contribution in [3.8, 4) is 0 Å². The first-order valence-electron chi connectivity index (χ1n) is 6.78. The molecule has 0 spiro atoms. The van der Waals surface area contributed by atoms with Crippen molar-refractivity contribution in [2.45, 2.75) is 25.9 Å². The normalized spacial score (nSPS) is 13.6. The molecule has 0 saturated carbocycles. The predicted molar refractivity (Wildman–Crippen MR) is 83.8 cm³/mol. The molecular weight excluding hydrogens is 232 g/mol. The summed E-state index contributed by atoms with van der Waals surface area (Å²) in [5, 5.41) is 3.55. The third kappa shape index (κ3) is 3.50. The second-order valence-corrected chi connectivity index (χ2v) is 4.99. The Bertz CT molecular complexity index is 481. The Hall–Kier alpha value is -1.96. The molecule has 2 rings (SSSR count). The molecule has 19 heavy (non-hydrogen) atoms. The second kappa shape index (κ2) is 6.28. The quantitative estimate of drug-likeness (QED) is 0.867. The van der Waals surface area contributed by atoms with Gasteiger partial charge in [-0.05, 0) is 38.1 Å². The molecule has 0 fully saturated rings. The molecule has 2 aromatic carbocycles. The van der Waals surface area contributed by atoms with Gasteiger partial charge in [-0.2, -0.15) is 0 Å². The topological polar surface area (TPSA) is 15.3 Å². The van der Waals surface area contributed by atoms with E-state index in [-0.39, 0.29) is 0 Å². The standard InChI is InChI=1S/C17H22N2/c1-14(18-16-10-6-4-7-11-16)15(2)19(3)17-12-8-5-9-13-17/h4-15,18H,1-3H3/t14-,15?/m0/s1. The minimum atomic E-state index is 0.368. The first kappa shape index (κ1) is 13.5. The number of hydrogen-bond donors (Lipinski definition) is 1. The first-order valence-corrected chi connectivity index (χ1v) is 6.78. The molecule has 0 saturated heterocycles. The fourth-order valence-electron chi connectivity index (χ4n) is 2.15. The van der Waals surface area contributed by atoms with Crippen LogP contribution in [0.4, 0.5) is 11.4 Å². The van der Waals surface area contributed by atoms with Crippen LogP contribution in [0, 0.1) is 0 Å². The largest absolute Gasteiger partial charge is 0.381 e. The lowest BCUT2D eigenvalue weighted by atomic mass is 10.1. The summed E-state index contributed by atoms with van der Waals surface area (Å²) in [4.78, 5) is 2.31. The summed E-state index contributed by atoms with van der Waals surface area (Å²) >= 11 is 0. The summed E-state index contributed by atoms with van der Waals surface area (Å²) < 4.78 is 0. The van der Waals surface area contributed by atoms with Gasteiger partial charge < -0.3 is 10.2 Å². The third-order valence-corrected chi connectivity index (χ3v) is 3.67. The van der Waals surface area contributed by atoms with Crippen molar-refractivity contribution in [3.05, 3.63) is 60.7 Å². The Morgan fingerprint density at radius 2 is 1.37 bits per heavy atom. The average molecular weight is 254 g/mol. The van der Waals surface area contributed by atoms with Gasteiger partial charge in [-0.15, -0.1) is 0 Å². The predicted octanol–water partition coefficient (Wildman–Crippen LogP) is 4.01. The van der Waals surface area contributed by atoms with Gasteiger partial charge in [0, 0.05) is 30.5 Å². The lowest BCUT2D eigenvalue weighted by Crippen LogP contribution is -2.41. The average Bonchev–Trinajstić information content (AvgIpc) is 2.47. The van der Waals surface area contributed by atoms with Crippen LogP contribution in [0.25, 0.3) is 0 Å². The smallest absolute Gasteiger partial charge is 0.0457 e. The number of likely N-dealkylation sites (N-methyl/N-ethyl adjacent to an activating group) is 1. The van der Waals surface area contributed by atoms with E-state index in [2.05, 4.69) is 79.6 Å². The van der Waals surface area contributed by atoms with Crippen LogP contribution in [-0.4, -0.2) is 19.1 Å². The van der Waals surface area contributed by atoms with E-state index in [1.807, 2.05) is 12.1 Å². The lowest BCUT2D eigenvalue weighted by molar-refractivity contribution is 0.603. The highest BCUT2D eigenvalue weighted by atomic mass is 15.2. The van der Waals surface area contributed by atoms with E-state index in [4.69, 9.17) is 0 Å². The molecule has 0 aromatic heterocycles. The number of nitrogens with one attached hydrogen (secondary N) is 1. The molecule has 1 N–H and O–H groups in total. The number of benzene rings is 2. The second-order valence-electron chi connectivity index (χ2n) is 4.99. The highest BCUT2D eigenvalue weighted by molar-refractivity contribution is 5.48. The van der Waals surface area contributed by atoms with E-state index in [9.17, 15) is 0 Å². The van der Waals surface area contributed by atoms with Crippen LogP contribution >= 0.6 is 0 Å². The van der Waals surface area contributed by atoms with Gasteiger partial charge in [0.05, 0.1) is 0 Å². The zero-order valence-electron chi connectivity index (χ0n) is 11.9. The molecule has 1 unspecified atom stereocenters. The van der Waals surface area contributed by atoms with Crippen LogP contribution in [-0.2, 0) is 0 Å². The van der Waals surface area contributed by atoms with Crippen LogP contribution in [0.1, 0.15) is 13.8 Å². The Labute approximate surface area is 116 Å². The zero-order chi connectivity index (χ0) is 13.7. The monoisotopic (exact) mass is 254 g/mol. The van der Waals surface area contributed by atoms with Crippen molar-refractivity contribution in [2.75, 3.05) is 17.3 Å². The molecule has 0 bridgehead atoms. The molecule has 2 heteroatoms. The van der Waals surface area contributed by atoms with Crippen molar-refractivity contribution in [1.29, 1.82) is 0 Å². The lowest BCUT2D eigenvalue weighted by Gasteiger charge is -2.32. The zero-order valence-corrected chi connectivity index (χ0v) is 11.9. The summed E-state index contributed by atoms with van der Waals surface area (Å²) in [5.74, 6) is 0. The summed E-state index contributed by atoms with van der Waals surface area (Å²) in [5.41, 5.74) is 2.42. The summed E-state index contributed by atoms with van der Waals surface area (Å²) in [6.07, 6.45) is 0. The van der Waals surface area contributed by atoms with Crippen LogP contribution in [0.3, 0.4) is 0 Å². The molecule has 0 aliphatic rings. The Morgan fingerprint density at radius 1 is 0.842 bits per heavy atom. The molecule has 100 valence electrons. The maximum atomic E-state index is 3.55. The maximum absolute atomic E-state index is 3.55. The van der Waals surface area contributed by atoms with Gasteiger partial charge in [-0.1, -0.05) is 36.4 Å². The van der Waals surface area contributed by atoms with E-state index in [0.29, 0.717) is 12.1 Å². The van der Waals surface area contributed by atoms with E-state index >= 15 is 0 Å². The number of hydrogen-bond acceptors (Lipinski definition) is 2. The van der Waals surface area contributed by atoms with Crippen LogP contribution < -0.4 is 10.2 Å². The van der Waals surface area contributed by atoms with E-state index < -0.39 is 0 Å². The number of para-hydroxylation sites is 2. The first-order chi connectivity index (χ1) is 9.18. The number of rotatable bonds is 5. The van der Waals surface area contributed by atoms with Crippen molar-refractivity contribution in [3.63, 3.8) is 0 Å². The number of nitrogens with zero attached hydrogens (tertiary/aromatic N) is 1. The highest BCUT2D eigenvalue weighted by Gasteiger charge is 2.16. The van der Waals surface area contributed by atoms with Crippen LogP contribution in [0.5, 0.6) is 0 Å². The summed E-state index contributed by atoms with van der Waals surface area (Å²) in [7, 11) is 2.14. The molecule has 0 amide bonds. The van der Waals surface area contributed by atoms with Gasteiger partial charge in [0.15, 0.2) is 0 Å². The van der Waals surface area contributed by atoms with Crippen molar-refractivity contribution in [1.82, 2.24) is 0 Å². The van der Waals surface area contributed by atoms with Gasteiger partial charge in [-0.25, -0.2) is 0 Å². The molecule has 2 aromatic rings. The van der Waals surface area contributed by atoms with Gasteiger partial charge in [0.2, 0.25) is 0 Å². The van der Waals surface area contributed by atoms with Crippen molar-refractivity contribution in [2.24, 2.45) is 0 Å². The SMILES string of the molecule is CC([C@H](C)Nc1ccccc1)N(C)c1ccccc1. The molecule has 2 nitrogen and oxygen atoms in total. The molecular formula is C17H22N2. The third-order valence-electron chi connectivity index (χ3n) is 3.67. The fraction of sp³-hybridized carbons (Fsp3) is 0.294. The van der Waals surface area contributed by atoms with Crippen LogP contribution in [0.15, 0.2) is 60.7 Å². The molecule has 2 atom stereocenters. The van der Waals surface area contributed by atoms with Gasteiger partial charge >= 0.3 is 0 Å². The maximum Gasteiger partial charge on any atom is 0.0457 e. The highest BCUT2D eigenvalue weighted by Crippen LogP contribution is 2.18. The molecule has 0 heterocycles. The minimum Gasteiger partial charge on any atom is -0.381 e. The molecule has 0 aliphatic heterocycles. The minimum absolute atomic E-state index is 0.368.